The van der Waals surface area contributed by atoms with Gasteiger partial charge in [0.1, 0.15) is 12.4 Å². The number of nitrogens with zero attached hydrogens (tertiary/aromatic N) is 3. The molecule has 0 amide bonds. The third kappa shape index (κ3) is 5.63. The average molecular weight is 420 g/mol. The molecule has 1 fully saturated rings. The highest BCUT2D eigenvalue weighted by atomic mass is 16.5. The van der Waals surface area contributed by atoms with E-state index in [0.717, 1.165) is 29.7 Å². The van der Waals surface area contributed by atoms with Crippen LogP contribution in [0.1, 0.15) is 42.5 Å². The summed E-state index contributed by atoms with van der Waals surface area (Å²) in [6.45, 7) is 3.14. The van der Waals surface area contributed by atoms with Crippen molar-refractivity contribution in [2.75, 3.05) is 7.05 Å². The van der Waals surface area contributed by atoms with Gasteiger partial charge in [0, 0.05) is 30.9 Å². The maximum atomic E-state index is 6.12. The van der Waals surface area contributed by atoms with E-state index in [4.69, 9.17) is 9.15 Å². The van der Waals surface area contributed by atoms with Crippen LogP contribution >= 0.6 is 0 Å². The Hall–Kier alpha value is -3.35. The first-order chi connectivity index (χ1) is 15.2. The quantitative estimate of drug-likeness (QED) is 0.440. The van der Waals surface area contributed by atoms with Crippen LogP contribution in [-0.2, 0) is 13.1 Å². The minimum atomic E-state index is 0.279. The smallest absolute Gasteiger partial charge is 0.226 e. The van der Waals surface area contributed by atoms with Gasteiger partial charge in [-0.3, -0.25) is 4.99 Å². The summed E-state index contributed by atoms with van der Waals surface area (Å²) in [7, 11) is 1.75. The van der Waals surface area contributed by atoms with E-state index in [1.807, 2.05) is 36.4 Å². The van der Waals surface area contributed by atoms with Crippen LogP contribution in [0.5, 0.6) is 5.88 Å². The van der Waals surface area contributed by atoms with Crippen molar-refractivity contribution in [1.29, 1.82) is 0 Å². The predicted octanol–water partition coefficient (Wildman–Crippen LogP) is 4.23. The van der Waals surface area contributed by atoms with Gasteiger partial charge in [0.05, 0.1) is 12.2 Å². The van der Waals surface area contributed by atoms with E-state index in [2.05, 4.69) is 32.5 Å². The van der Waals surface area contributed by atoms with Crippen LogP contribution in [0.2, 0.25) is 0 Å². The van der Waals surface area contributed by atoms with Crippen molar-refractivity contribution in [3.05, 3.63) is 65.7 Å². The van der Waals surface area contributed by atoms with Crippen molar-refractivity contribution in [3.8, 4) is 17.3 Å². The summed E-state index contributed by atoms with van der Waals surface area (Å²) in [6, 6.07) is 12.1. The fourth-order valence-corrected chi connectivity index (χ4v) is 3.62. The zero-order valence-corrected chi connectivity index (χ0v) is 18.1. The number of nitrogens with one attached hydrogen (secondary N) is 2. The van der Waals surface area contributed by atoms with Gasteiger partial charge in [-0.2, -0.15) is 0 Å². The Labute approximate surface area is 183 Å². The Balaban J connectivity index is 1.31. The van der Waals surface area contributed by atoms with Gasteiger partial charge < -0.3 is 19.8 Å². The molecule has 2 N–H and O–H groups in total. The largest absolute Gasteiger partial charge is 0.474 e. The number of hydrogen-bond donors (Lipinski definition) is 2. The Morgan fingerprint density at radius 2 is 1.90 bits per heavy atom. The van der Waals surface area contributed by atoms with E-state index in [0.29, 0.717) is 30.8 Å². The van der Waals surface area contributed by atoms with Crippen molar-refractivity contribution in [2.24, 2.45) is 4.99 Å². The lowest BCUT2D eigenvalue weighted by molar-refractivity contribution is 0.199. The number of ether oxygens (including phenoxy) is 1. The van der Waals surface area contributed by atoms with Crippen molar-refractivity contribution in [3.63, 3.8) is 0 Å². The first-order valence-electron chi connectivity index (χ1n) is 10.8. The van der Waals surface area contributed by atoms with Gasteiger partial charge in [-0.05, 0) is 50.8 Å². The van der Waals surface area contributed by atoms with Gasteiger partial charge in [0.25, 0.3) is 0 Å². The number of pyridine rings is 1. The number of aliphatic imine (C=N–C) groups is 1. The molecule has 7 heteroatoms. The maximum Gasteiger partial charge on any atom is 0.226 e. The molecule has 1 aliphatic rings. The van der Waals surface area contributed by atoms with E-state index >= 15 is 0 Å². The van der Waals surface area contributed by atoms with Crippen LogP contribution in [0.3, 0.4) is 0 Å². The van der Waals surface area contributed by atoms with Crippen molar-refractivity contribution >= 4 is 5.96 Å². The fraction of sp³-hybridized carbons (Fsp3) is 0.375. The number of oxazole rings is 1. The number of aryl methyl sites for hydroxylation is 1. The van der Waals surface area contributed by atoms with E-state index in [9.17, 15) is 0 Å². The van der Waals surface area contributed by atoms with Gasteiger partial charge in [-0.1, -0.05) is 23.8 Å². The minimum absolute atomic E-state index is 0.279. The van der Waals surface area contributed by atoms with E-state index in [-0.39, 0.29) is 6.10 Å². The monoisotopic (exact) mass is 419 g/mol. The highest BCUT2D eigenvalue weighted by molar-refractivity contribution is 5.79. The van der Waals surface area contributed by atoms with E-state index in [1.165, 1.54) is 18.4 Å². The van der Waals surface area contributed by atoms with Crippen molar-refractivity contribution in [2.45, 2.75) is 51.8 Å². The SMILES string of the molecule is CN=C(NCc1coc(-c2ccc(C)cc2)n1)NCc1cccnc1OC1CCCC1. The maximum absolute atomic E-state index is 6.12. The normalized spacial score (nSPS) is 14.6. The van der Waals surface area contributed by atoms with Crippen LogP contribution < -0.4 is 15.4 Å². The minimum Gasteiger partial charge on any atom is -0.474 e. The Morgan fingerprint density at radius 1 is 1.13 bits per heavy atom. The molecule has 162 valence electrons. The lowest BCUT2D eigenvalue weighted by atomic mass is 10.1. The molecule has 0 bridgehead atoms. The predicted molar refractivity (Wildman–Crippen MR) is 121 cm³/mol. The number of rotatable bonds is 7. The zero-order chi connectivity index (χ0) is 21.5. The third-order valence-corrected chi connectivity index (χ3v) is 5.39. The molecular weight excluding hydrogens is 390 g/mol. The van der Waals surface area contributed by atoms with Gasteiger partial charge in [0.15, 0.2) is 5.96 Å². The first-order valence-corrected chi connectivity index (χ1v) is 10.8. The summed E-state index contributed by atoms with van der Waals surface area (Å²) >= 11 is 0. The molecule has 31 heavy (non-hydrogen) atoms. The summed E-state index contributed by atoms with van der Waals surface area (Å²) in [4.78, 5) is 13.3. The number of aromatic nitrogens is 2. The van der Waals surface area contributed by atoms with Crippen LogP contribution in [0.15, 0.2) is 58.3 Å². The summed E-state index contributed by atoms with van der Waals surface area (Å²) in [5.74, 6) is 2.00. The molecule has 2 aromatic heterocycles. The second-order valence-corrected chi connectivity index (χ2v) is 7.78. The van der Waals surface area contributed by atoms with E-state index < -0.39 is 0 Å². The summed E-state index contributed by atoms with van der Waals surface area (Å²) < 4.78 is 11.7. The van der Waals surface area contributed by atoms with Gasteiger partial charge >= 0.3 is 0 Å². The lowest BCUT2D eigenvalue weighted by Gasteiger charge is -2.16. The third-order valence-electron chi connectivity index (χ3n) is 5.39. The lowest BCUT2D eigenvalue weighted by Crippen LogP contribution is -2.36. The summed E-state index contributed by atoms with van der Waals surface area (Å²) in [6.07, 6.45) is 8.40. The summed E-state index contributed by atoms with van der Waals surface area (Å²) in [5, 5.41) is 6.60. The van der Waals surface area contributed by atoms with Crippen LogP contribution in [0.4, 0.5) is 0 Å². The zero-order valence-electron chi connectivity index (χ0n) is 18.1. The van der Waals surface area contributed by atoms with E-state index in [1.54, 1.807) is 19.5 Å². The molecule has 0 radical (unpaired) electrons. The standard InChI is InChI=1S/C24H29N5O2/c1-17-9-11-18(12-10-17)23-29-20(16-30-23)15-28-24(25-2)27-14-19-6-5-13-26-22(19)31-21-7-3-4-8-21/h5-6,9-13,16,21H,3-4,7-8,14-15H2,1-2H3,(H2,25,27,28). The highest BCUT2D eigenvalue weighted by Gasteiger charge is 2.18. The molecule has 1 aromatic carbocycles. The van der Waals surface area contributed by atoms with Crippen LogP contribution in [0, 0.1) is 6.92 Å². The highest BCUT2D eigenvalue weighted by Crippen LogP contribution is 2.25. The molecule has 1 aliphatic carbocycles. The molecule has 0 unspecified atom stereocenters. The van der Waals surface area contributed by atoms with Crippen LogP contribution in [0.25, 0.3) is 11.5 Å². The second-order valence-electron chi connectivity index (χ2n) is 7.78. The number of hydrogen-bond acceptors (Lipinski definition) is 5. The molecular formula is C24H29N5O2. The van der Waals surface area contributed by atoms with Gasteiger partial charge in [0.2, 0.25) is 11.8 Å². The second kappa shape index (κ2) is 10.1. The van der Waals surface area contributed by atoms with Crippen molar-refractivity contribution < 1.29 is 9.15 Å². The van der Waals surface area contributed by atoms with Gasteiger partial charge in [-0.15, -0.1) is 0 Å². The molecule has 1 saturated carbocycles. The molecule has 2 heterocycles. The average Bonchev–Trinajstić information content (AvgIpc) is 3.48. The van der Waals surface area contributed by atoms with Crippen LogP contribution in [-0.4, -0.2) is 29.1 Å². The molecule has 0 atom stereocenters. The molecule has 4 rings (SSSR count). The fourth-order valence-electron chi connectivity index (χ4n) is 3.62. The summed E-state index contributed by atoms with van der Waals surface area (Å²) in [5.41, 5.74) is 3.99. The number of guanidine groups is 1. The van der Waals surface area contributed by atoms with Gasteiger partial charge in [-0.25, -0.2) is 9.97 Å². The molecule has 0 saturated heterocycles. The Kier molecular flexibility index (Phi) is 6.82. The topological polar surface area (TPSA) is 84.6 Å². The molecule has 3 aromatic rings. The molecule has 0 spiro atoms. The number of benzene rings is 1. The Morgan fingerprint density at radius 3 is 2.68 bits per heavy atom. The Bertz CT molecular complexity index is 1010. The first kappa shape index (κ1) is 20.9. The van der Waals surface area contributed by atoms with Crippen molar-refractivity contribution in [1.82, 2.24) is 20.6 Å². The molecule has 7 nitrogen and oxygen atoms in total. The molecule has 0 aliphatic heterocycles.